The molecule has 0 saturated carbocycles. The SMILES string of the molecule is CC(C)(C)SCc1ccccc1CN. The quantitative estimate of drug-likeness (QED) is 0.827. The summed E-state index contributed by atoms with van der Waals surface area (Å²) in [5, 5.41) is 0. The highest BCUT2D eigenvalue weighted by atomic mass is 32.2. The molecule has 2 heteroatoms. The second kappa shape index (κ2) is 4.85. The van der Waals surface area contributed by atoms with Gasteiger partial charge in [0.25, 0.3) is 0 Å². The van der Waals surface area contributed by atoms with E-state index >= 15 is 0 Å². The predicted molar refractivity (Wildman–Crippen MR) is 65.4 cm³/mol. The molecule has 14 heavy (non-hydrogen) atoms. The Morgan fingerprint density at radius 1 is 1.14 bits per heavy atom. The van der Waals surface area contributed by atoms with Crippen LogP contribution in [0.5, 0.6) is 0 Å². The van der Waals surface area contributed by atoms with Gasteiger partial charge in [0, 0.05) is 17.0 Å². The first-order valence-corrected chi connectivity index (χ1v) is 5.92. The smallest absolute Gasteiger partial charge is 0.0193 e. The van der Waals surface area contributed by atoms with Gasteiger partial charge in [0.05, 0.1) is 0 Å². The zero-order valence-corrected chi connectivity index (χ0v) is 10.0. The van der Waals surface area contributed by atoms with Crippen molar-refractivity contribution in [1.29, 1.82) is 0 Å². The summed E-state index contributed by atoms with van der Waals surface area (Å²) in [6.07, 6.45) is 0. The van der Waals surface area contributed by atoms with Gasteiger partial charge in [-0.2, -0.15) is 11.8 Å². The first-order chi connectivity index (χ1) is 6.53. The molecule has 1 aromatic rings. The largest absolute Gasteiger partial charge is 0.326 e. The van der Waals surface area contributed by atoms with Gasteiger partial charge in [-0.25, -0.2) is 0 Å². The molecule has 0 unspecified atom stereocenters. The van der Waals surface area contributed by atoms with Gasteiger partial charge in [-0.05, 0) is 11.1 Å². The summed E-state index contributed by atoms with van der Waals surface area (Å²) in [5.74, 6) is 1.05. The lowest BCUT2D eigenvalue weighted by molar-refractivity contribution is 0.802. The van der Waals surface area contributed by atoms with E-state index in [0.717, 1.165) is 5.75 Å². The predicted octanol–water partition coefficient (Wildman–Crippen LogP) is 3.18. The van der Waals surface area contributed by atoms with Crippen molar-refractivity contribution < 1.29 is 0 Å². The molecule has 0 bridgehead atoms. The van der Waals surface area contributed by atoms with E-state index in [4.69, 9.17) is 5.73 Å². The molecule has 0 atom stereocenters. The highest BCUT2D eigenvalue weighted by molar-refractivity contribution is 7.99. The highest BCUT2D eigenvalue weighted by Gasteiger charge is 2.11. The van der Waals surface area contributed by atoms with Gasteiger partial charge in [-0.15, -0.1) is 0 Å². The van der Waals surface area contributed by atoms with Crippen LogP contribution in [0.1, 0.15) is 31.9 Å². The molecule has 1 aromatic carbocycles. The molecule has 0 aliphatic heterocycles. The van der Waals surface area contributed by atoms with Crippen molar-refractivity contribution in [1.82, 2.24) is 0 Å². The van der Waals surface area contributed by atoms with Crippen LogP contribution < -0.4 is 5.73 Å². The van der Waals surface area contributed by atoms with Gasteiger partial charge in [-0.1, -0.05) is 45.0 Å². The molecule has 1 rings (SSSR count). The third-order valence-electron chi connectivity index (χ3n) is 2.00. The minimum Gasteiger partial charge on any atom is -0.326 e. The molecule has 0 fully saturated rings. The Morgan fingerprint density at radius 2 is 1.71 bits per heavy atom. The van der Waals surface area contributed by atoms with Crippen LogP contribution in [-0.2, 0) is 12.3 Å². The average Bonchev–Trinajstić information content (AvgIpc) is 2.14. The Balaban J connectivity index is 2.67. The fourth-order valence-electron chi connectivity index (χ4n) is 1.19. The zero-order valence-electron chi connectivity index (χ0n) is 9.21. The molecule has 0 aliphatic rings. The lowest BCUT2D eigenvalue weighted by Gasteiger charge is -2.18. The van der Waals surface area contributed by atoms with Crippen LogP contribution in [0.15, 0.2) is 24.3 Å². The van der Waals surface area contributed by atoms with E-state index in [9.17, 15) is 0 Å². The van der Waals surface area contributed by atoms with Crippen molar-refractivity contribution in [3.63, 3.8) is 0 Å². The van der Waals surface area contributed by atoms with E-state index in [0.29, 0.717) is 11.3 Å². The number of hydrogen-bond acceptors (Lipinski definition) is 2. The summed E-state index contributed by atoms with van der Waals surface area (Å²) in [5.41, 5.74) is 8.32. The number of hydrogen-bond donors (Lipinski definition) is 1. The molecule has 0 radical (unpaired) electrons. The first-order valence-electron chi connectivity index (χ1n) is 4.94. The molecule has 0 aliphatic carbocycles. The summed E-state index contributed by atoms with van der Waals surface area (Å²) >= 11 is 1.96. The Bertz CT molecular complexity index is 289. The summed E-state index contributed by atoms with van der Waals surface area (Å²) in [4.78, 5) is 0. The molecule has 0 amide bonds. The third-order valence-corrected chi connectivity index (χ3v) is 3.32. The maximum atomic E-state index is 5.68. The van der Waals surface area contributed by atoms with E-state index in [1.165, 1.54) is 11.1 Å². The summed E-state index contributed by atoms with van der Waals surface area (Å²) < 4.78 is 0.321. The molecule has 78 valence electrons. The lowest BCUT2D eigenvalue weighted by atomic mass is 10.1. The first kappa shape index (κ1) is 11.6. The normalized spacial score (nSPS) is 11.7. The molecular weight excluding hydrogens is 190 g/mol. The fourth-order valence-corrected chi connectivity index (χ4v) is 2.06. The van der Waals surface area contributed by atoms with E-state index in [1.54, 1.807) is 0 Å². The van der Waals surface area contributed by atoms with Gasteiger partial charge < -0.3 is 5.73 Å². The topological polar surface area (TPSA) is 26.0 Å². The Kier molecular flexibility index (Phi) is 4.02. The molecule has 2 N–H and O–H groups in total. The van der Waals surface area contributed by atoms with Crippen molar-refractivity contribution in [2.24, 2.45) is 5.73 Å². The number of thioether (sulfide) groups is 1. The van der Waals surface area contributed by atoms with Gasteiger partial charge >= 0.3 is 0 Å². The van der Waals surface area contributed by atoms with E-state index in [1.807, 2.05) is 17.8 Å². The molecule has 0 saturated heterocycles. The van der Waals surface area contributed by atoms with Crippen molar-refractivity contribution >= 4 is 11.8 Å². The maximum absolute atomic E-state index is 5.68. The van der Waals surface area contributed by atoms with Crippen LogP contribution in [0.2, 0.25) is 0 Å². The number of nitrogens with two attached hydrogens (primary N) is 1. The molecule has 0 heterocycles. The van der Waals surface area contributed by atoms with Crippen molar-refractivity contribution in [3.8, 4) is 0 Å². The van der Waals surface area contributed by atoms with Gasteiger partial charge in [0.2, 0.25) is 0 Å². The number of benzene rings is 1. The Hall–Kier alpha value is -0.470. The van der Waals surface area contributed by atoms with E-state index in [-0.39, 0.29) is 0 Å². The van der Waals surface area contributed by atoms with Crippen molar-refractivity contribution in [2.45, 2.75) is 37.8 Å². The summed E-state index contributed by atoms with van der Waals surface area (Å²) in [7, 11) is 0. The standard InChI is InChI=1S/C12H19NS/c1-12(2,3)14-9-11-7-5-4-6-10(11)8-13/h4-7H,8-9,13H2,1-3H3. The van der Waals surface area contributed by atoms with Crippen molar-refractivity contribution in [2.75, 3.05) is 0 Å². The minimum absolute atomic E-state index is 0.321. The summed E-state index contributed by atoms with van der Waals surface area (Å²) in [6, 6.07) is 8.41. The van der Waals surface area contributed by atoms with Crippen LogP contribution in [0.3, 0.4) is 0 Å². The number of rotatable bonds is 3. The fraction of sp³-hybridized carbons (Fsp3) is 0.500. The van der Waals surface area contributed by atoms with Gasteiger partial charge in [0.1, 0.15) is 0 Å². The van der Waals surface area contributed by atoms with Crippen LogP contribution in [-0.4, -0.2) is 4.75 Å². The molecule has 1 nitrogen and oxygen atoms in total. The van der Waals surface area contributed by atoms with Crippen LogP contribution in [0, 0.1) is 0 Å². The summed E-state index contributed by atoms with van der Waals surface area (Å²) in [6.45, 7) is 7.36. The minimum atomic E-state index is 0.321. The van der Waals surface area contributed by atoms with Crippen LogP contribution in [0.4, 0.5) is 0 Å². The van der Waals surface area contributed by atoms with Gasteiger partial charge in [-0.3, -0.25) is 0 Å². The van der Waals surface area contributed by atoms with Crippen LogP contribution >= 0.6 is 11.8 Å². The third kappa shape index (κ3) is 3.72. The highest BCUT2D eigenvalue weighted by Crippen LogP contribution is 2.28. The van der Waals surface area contributed by atoms with E-state index in [2.05, 4.69) is 39.0 Å². The second-order valence-electron chi connectivity index (χ2n) is 4.37. The monoisotopic (exact) mass is 209 g/mol. The van der Waals surface area contributed by atoms with Crippen LogP contribution in [0.25, 0.3) is 0 Å². The zero-order chi connectivity index (χ0) is 10.6. The second-order valence-corrected chi connectivity index (χ2v) is 6.18. The molecule has 0 spiro atoms. The molecular formula is C12H19NS. The molecule has 0 aromatic heterocycles. The lowest BCUT2D eigenvalue weighted by Crippen LogP contribution is -2.08. The Morgan fingerprint density at radius 3 is 2.21 bits per heavy atom. The average molecular weight is 209 g/mol. The van der Waals surface area contributed by atoms with Crippen molar-refractivity contribution in [3.05, 3.63) is 35.4 Å². The van der Waals surface area contributed by atoms with Gasteiger partial charge in [0.15, 0.2) is 0 Å². The maximum Gasteiger partial charge on any atom is 0.0193 e. The van der Waals surface area contributed by atoms with E-state index < -0.39 is 0 Å². The Labute approximate surface area is 91.1 Å².